The van der Waals surface area contributed by atoms with Gasteiger partial charge in [0.1, 0.15) is 5.84 Å². The molecule has 4 heteroatoms. The quantitative estimate of drug-likeness (QED) is 0.662. The van der Waals surface area contributed by atoms with Gasteiger partial charge in [0.15, 0.2) is 0 Å². The van der Waals surface area contributed by atoms with Gasteiger partial charge in [-0.2, -0.15) is 0 Å². The Morgan fingerprint density at radius 2 is 1.75 bits per heavy atom. The van der Waals surface area contributed by atoms with Crippen LogP contribution in [0.2, 0.25) is 5.02 Å². The van der Waals surface area contributed by atoms with Crippen LogP contribution in [0.4, 0.5) is 11.4 Å². The van der Waals surface area contributed by atoms with Crippen molar-refractivity contribution in [1.82, 2.24) is 0 Å². The summed E-state index contributed by atoms with van der Waals surface area (Å²) in [5.41, 5.74) is 10.5. The lowest BCUT2D eigenvalue weighted by Gasteiger charge is -2.23. The largest absolute Gasteiger partial charge is 0.384 e. The molecule has 2 aromatic carbocycles. The molecule has 0 aliphatic carbocycles. The van der Waals surface area contributed by atoms with E-state index in [0.717, 1.165) is 11.4 Å². The van der Waals surface area contributed by atoms with Crippen molar-refractivity contribution in [2.24, 2.45) is 5.73 Å². The minimum absolute atomic E-state index is 0.0261. The lowest BCUT2D eigenvalue weighted by atomic mass is 10.1. The fourth-order valence-corrected chi connectivity index (χ4v) is 2.61. The molecule has 3 nitrogen and oxygen atoms in total. The van der Waals surface area contributed by atoms with Crippen molar-refractivity contribution in [3.05, 3.63) is 58.1 Å². The Kier molecular flexibility index (Phi) is 4.00. The number of anilines is 2. The van der Waals surface area contributed by atoms with Gasteiger partial charge >= 0.3 is 0 Å². The molecule has 0 amide bonds. The number of rotatable bonds is 3. The Labute approximate surface area is 124 Å². The molecule has 0 radical (unpaired) electrons. The van der Waals surface area contributed by atoms with Crippen molar-refractivity contribution in [2.45, 2.75) is 13.8 Å². The highest BCUT2D eigenvalue weighted by Crippen LogP contribution is 2.32. The van der Waals surface area contributed by atoms with Crippen molar-refractivity contribution < 1.29 is 0 Å². The lowest BCUT2D eigenvalue weighted by Crippen LogP contribution is -2.19. The molecule has 0 spiro atoms. The second kappa shape index (κ2) is 5.55. The first-order valence-corrected chi connectivity index (χ1v) is 6.73. The average molecular weight is 288 g/mol. The van der Waals surface area contributed by atoms with E-state index in [1.807, 2.05) is 24.1 Å². The van der Waals surface area contributed by atoms with Crippen LogP contribution in [0.5, 0.6) is 0 Å². The summed E-state index contributed by atoms with van der Waals surface area (Å²) >= 11 is 6.17. The second-order valence-electron chi connectivity index (χ2n) is 4.95. The number of hydrogen-bond acceptors (Lipinski definition) is 2. The van der Waals surface area contributed by atoms with Crippen molar-refractivity contribution >= 4 is 28.8 Å². The van der Waals surface area contributed by atoms with E-state index in [-0.39, 0.29) is 5.84 Å². The summed E-state index contributed by atoms with van der Waals surface area (Å²) in [6, 6.07) is 11.8. The van der Waals surface area contributed by atoms with Crippen LogP contribution in [0.1, 0.15) is 16.7 Å². The lowest BCUT2D eigenvalue weighted by molar-refractivity contribution is 1.18. The van der Waals surface area contributed by atoms with Crippen LogP contribution in [0, 0.1) is 19.3 Å². The number of halogens is 1. The smallest absolute Gasteiger partial charge is 0.126 e. The maximum Gasteiger partial charge on any atom is 0.126 e. The van der Waals surface area contributed by atoms with Crippen molar-refractivity contribution in [3.8, 4) is 0 Å². The van der Waals surface area contributed by atoms with Crippen LogP contribution < -0.4 is 10.6 Å². The number of nitrogens with two attached hydrogens (primary N) is 1. The van der Waals surface area contributed by atoms with Gasteiger partial charge in [0.25, 0.3) is 0 Å². The van der Waals surface area contributed by atoms with E-state index in [4.69, 9.17) is 22.7 Å². The van der Waals surface area contributed by atoms with E-state index in [1.54, 1.807) is 6.07 Å². The van der Waals surface area contributed by atoms with Gasteiger partial charge in [-0.15, -0.1) is 0 Å². The summed E-state index contributed by atoms with van der Waals surface area (Å²) in [4.78, 5) is 2.00. The number of nitrogens with one attached hydrogen (secondary N) is 1. The number of benzene rings is 2. The van der Waals surface area contributed by atoms with E-state index in [9.17, 15) is 0 Å². The first kappa shape index (κ1) is 14.4. The Morgan fingerprint density at radius 1 is 1.15 bits per heavy atom. The Bertz CT molecular complexity index is 645. The third-order valence-corrected chi connectivity index (χ3v) is 3.53. The minimum atomic E-state index is -0.0261. The molecule has 0 unspecified atom stereocenters. The fraction of sp³-hybridized carbons (Fsp3) is 0.188. The van der Waals surface area contributed by atoms with E-state index >= 15 is 0 Å². The van der Waals surface area contributed by atoms with Crippen LogP contribution in [-0.2, 0) is 0 Å². The van der Waals surface area contributed by atoms with Gasteiger partial charge in [0.2, 0.25) is 0 Å². The second-order valence-corrected chi connectivity index (χ2v) is 5.36. The Balaban J connectivity index is 2.56. The zero-order valence-electron chi connectivity index (χ0n) is 11.9. The van der Waals surface area contributed by atoms with Gasteiger partial charge in [-0.25, -0.2) is 0 Å². The van der Waals surface area contributed by atoms with Gasteiger partial charge in [0, 0.05) is 12.7 Å². The highest BCUT2D eigenvalue weighted by Gasteiger charge is 2.14. The molecule has 104 valence electrons. The van der Waals surface area contributed by atoms with Gasteiger partial charge < -0.3 is 10.6 Å². The van der Waals surface area contributed by atoms with E-state index in [2.05, 4.69) is 32.0 Å². The van der Waals surface area contributed by atoms with Gasteiger partial charge in [0.05, 0.1) is 16.3 Å². The fourth-order valence-electron chi connectivity index (χ4n) is 2.34. The summed E-state index contributed by atoms with van der Waals surface area (Å²) in [7, 11) is 1.95. The van der Waals surface area contributed by atoms with Crippen LogP contribution >= 0.6 is 11.6 Å². The molecule has 2 aromatic rings. The molecule has 0 saturated heterocycles. The molecule has 0 heterocycles. The van der Waals surface area contributed by atoms with Crippen LogP contribution in [0.15, 0.2) is 36.4 Å². The molecule has 20 heavy (non-hydrogen) atoms. The van der Waals surface area contributed by atoms with E-state index in [0.29, 0.717) is 10.6 Å². The Morgan fingerprint density at radius 3 is 2.30 bits per heavy atom. The molecule has 0 aromatic heterocycles. The third kappa shape index (κ3) is 2.78. The molecule has 3 N–H and O–H groups in total. The summed E-state index contributed by atoms with van der Waals surface area (Å²) in [6.07, 6.45) is 0. The predicted octanol–water partition coefficient (Wildman–Crippen LogP) is 4.01. The average Bonchev–Trinajstić information content (AvgIpc) is 2.35. The topological polar surface area (TPSA) is 53.1 Å². The Hall–Kier alpha value is -2.00. The summed E-state index contributed by atoms with van der Waals surface area (Å²) in [5, 5.41) is 8.22. The first-order chi connectivity index (χ1) is 9.40. The highest BCUT2D eigenvalue weighted by atomic mass is 35.5. The number of amidine groups is 1. The van der Waals surface area contributed by atoms with E-state index in [1.165, 1.54) is 11.1 Å². The molecule has 0 atom stereocenters. The molecule has 2 rings (SSSR count). The number of nitrogens with zero attached hydrogens (tertiary/aromatic N) is 1. The zero-order valence-corrected chi connectivity index (χ0v) is 12.6. The summed E-state index contributed by atoms with van der Waals surface area (Å²) in [5.74, 6) is -0.0261. The van der Waals surface area contributed by atoms with Gasteiger partial charge in [-0.3, -0.25) is 5.41 Å². The van der Waals surface area contributed by atoms with Crippen molar-refractivity contribution in [3.63, 3.8) is 0 Å². The van der Waals surface area contributed by atoms with Crippen LogP contribution in [0.25, 0.3) is 0 Å². The zero-order chi connectivity index (χ0) is 14.9. The van der Waals surface area contributed by atoms with Crippen molar-refractivity contribution in [1.29, 1.82) is 5.41 Å². The monoisotopic (exact) mass is 287 g/mol. The van der Waals surface area contributed by atoms with Crippen LogP contribution in [0.3, 0.4) is 0 Å². The molecule has 0 aliphatic rings. The summed E-state index contributed by atoms with van der Waals surface area (Å²) in [6.45, 7) is 4.13. The van der Waals surface area contributed by atoms with Crippen molar-refractivity contribution in [2.75, 3.05) is 11.9 Å². The summed E-state index contributed by atoms with van der Waals surface area (Å²) < 4.78 is 0. The number of hydrogen-bond donors (Lipinski definition) is 2. The maximum absolute atomic E-state index is 7.72. The first-order valence-electron chi connectivity index (χ1n) is 6.35. The number of aryl methyl sites for hydroxylation is 2. The maximum atomic E-state index is 7.72. The highest BCUT2D eigenvalue weighted by molar-refractivity contribution is 6.34. The molecule has 0 saturated carbocycles. The predicted molar refractivity (Wildman–Crippen MR) is 86.4 cm³/mol. The van der Waals surface area contributed by atoms with Gasteiger partial charge in [-0.05, 0) is 49.2 Å². The number of nitrogen functional groups attached to an aromatic ring is 1. The normalized spacial score (nSPS) is 10.4. The molecule has 0 bridgehead atoms. The van der Waals surface area contributed by atoms with E-state index < -0.39 is 0 Å². The van der Waals surface area contributed by atoms with Gasteiger partial charge in [-0.1, -0.05) is 23.7 Å². The molecule has 0 aliphatic heterocycles. The van der Waals surface area contributed by atoms with Crippen LogP contribution in [-0.4, -0.2) is 12.9 Å². The minimum Gasteiger partial charge on any atom is -0.384 e. The molecular weight excluding hydrogens is 270 g/mol. The SMILES string of the molecule is Cc1cc(C)cc(N(C)c2cccc(Cl)c2C(=N)N)c1. The molecular formula is C16H18ClN3. The third-order valence-electron chi connectivity index (χ3n) is 3.22. The molecule has 0 fully saturated rings. The standard InChI is InChI=1S/C16H18ClN3/c1-10-7-11(2)9-12(8-10)20(3)14-6-4-5-13(17)15(14)16(18)19/h4-9H,1-3H3,(H3,18,19).